The number of thiocarbonyl (C=S) groups is 2. The SMILES string of the molecule is S=C1NCN(CC2CCCO2)CN1N1CN(CC2CCCO2)CNC1=S. The Balaban J connectivity index is 1.36. The zero-order valence-corrected chi connectivity index (χ0v) is 16.7. The molecule has 2 atom stereocenters. The lowest BCUT2D eigenvalue weighted by Crippen LogP contribution is -2.69. The smallest absolute Gasteiger partial charge is 0.190 e. The van der Waals surface area contributed by atoms with Crippen molar-refractivity contribution in [2.24, 2.45) is 0 Å². The molecule has 0 bridgehead atoms. The van der Waals surface area contributed by atoms with Crippen LogP contribution in [0.4, 0.5) is 0 Å². The largest absolute Gasteiger partial charge is 0.377 e. The van der Waals surface area contributed by atoms with Crippen molar-refractivity contribution in [1.29, 1.82) is 0 Å². The van der Waals surface area contributed by atoms with Crippen LogP contribution in [-0.4, -0.2) is 95.2 Å². The summed E-state index contributed by atoms with van der Waals surface area (Å²) in [6.07, 6.45) is 5.25. The summed E-state index contributed by atoms with van der Waals surface area (Å²) in [7, 11) is 0. The van der Waals surface area contributed by atoms with E-state index in [1.165, 1.54) is 0 Å². The number of rotatable bonds is 5. The van der Waals surface area contributed by atoms with E-state index in [0.717, 1.165) is 88.9 Å². The predicted molar refractivity (Wildman–Crippen MR) is 106 cm³/mol. The van der Waals surface area contributed by atoms with Crippen LogP contribution in [0.1, 0.15) is 25.7 Å². The van der Waals surface area contributed by atoms with Gasteiger partial charge in [0.1, 0.15) is 0 Å². The molecular weight excluding hydrogens is 372 g/mol. The average molecular weight is 401 g/mol. The zero-order valence-electron chi connectivity index (χ0n) is 15.1. The van der Waals surface area contributed by atoms with Gasteiger partial charge in [-0.2, -0.15) is 0 Å². The molecule has 4 rings (SSSR count). The minimum absolute atomic E-state index is 0.327. The lowest BCUT2D eigenvalue weighted by Gasteiger charge is -2.48. The van der Waals surface area contributed by atoms with Crippen LogP contribution in [0.15, 0.2) is 0 Å². The molecule has 0 aliphatic carbocycles. The fourth-order valence-corrected chi connectivity index (χ4v) is 4.36. The van der Waals surface area contributed by atoms with Crippen molar-refractivity contribution in [3.8, 4) is 0 Å². The summed E-state index contributed by atoms with van der Waals surface area (Å²) in [6.45, 7) is 6.55. The molecule has 0 spiro atoms. The minimum Gasteiger partial charge on any atom is -0.377 e. The van der Waals surface area contributed by atoms with Gasteiger partial charge >= 0.3 is 0 Å². The number of ether oxygens (including phenoxy) is 2. The Morgan fingerprint density at radius 1 is 0.808 bits per heavy atom. The third kappa shape index (κ3) is 4.37. The summed E-state index contributed by atoms with van der Waals surface area (Å²) in [5, 5.41) is 12.2. The molecule has 4 aliphatic rings. The summed E-state index contributed by atoms with van der Waals surface area (Å²) >= 11 is 11.1. The van der Waals surface area contributed by atoms with Gasteiger partial charge in [-0.3, -0.25) is 9.80 Å². The average Bonchev–Trinajstić information content (AvgIpc) is 3.33. The standard InChI is InChI=1S/C16H28N6O2S2/c25-15-17-9-19(7-13-3-1-5-23-13)11-21(15)22-12-20(10-18-16(22)26)8-14-4-2-6-24-14/h13-14H,1-12H2,(H,17,25)(H,18,26). The molecule has 0 aromatic heterocycles. The lowest BCUT2D eigenvalue weighted by atomic mass is 10.2. The molecule has 146 valence electrons. The van der Waals surface area contributed by atoms with Crippen LogP contribution in [-0.2, 0) is 9.47 Å². The molecule has 26 heavy (non-hydrogen) atoms. The molecule has 10 heteroatoms. The number of hydrogen-bond donors (Lipinski definition) is 2. The van der Waals surface area contributed by atoms with Crippen molar-refractivity contribution in [1.82, 2.24) is 30.5 Å². The van der Waals surface area contributed by atoms with Crippen LogP contribution in [0.5, 0.6) is 0 Å². The first kappa shape index (κ1) is 18.6. The molecule has 0 aromatic carbocycles. The Kier molecular flexibility index (Phi) is 6.07. The van der Waals surface area contributed by atoms with E-state index >= 15 is 0 Å². The summed E-state index contributed by atoms with van der Waals surface area (Å²) in [5.41, 5.74) is 0. The second kappa shape index (κ2) is 8.49. The second-order valence-corrected chi connectivity index (χ2v) is 8.11. The molecule has 4 heterocycles. The minimum atomic E-state index is 0.327. The van der Waals surface area contributed by atoms with E-state index in [1.54, 1.807) is 0 Å². The van der Waals surface area contributed by atoms with Gasteiger partial charge in [0.2, 0.25) is 0 Å². The van der Waals surface area contributed by atoms with Gasteiger partial charge in [0.05, 0.1) is 38.9 Å². The maximum absolute atomic E-state index is 5.78. The van der Waals surface area contributed by atoms with Crippen molar-refractivity contribution < 1.29 is 9.47 Å². The van der Waals surface area contributed by atoms with Crippen LogP contribution >= 0.6 is 24.4 Å². The van der Waals surface area contributed by atoms with Crippen LogP contribution in [0.2, 0.25) is 0 Å². The van der Waals surface area contributed by atoms with Gasteiger partial charge in [-0.1, -0.05) is 0 Å². The molecule has 8 nitrogen and oxygen atoms in total. The fourth-order valence-electron chi connectivity index (χ4n) is 3.92. The molecule has 2 unspecified atom stereocenters. The van der Waals surface area contributed by atoms with Crippen molar-refractivity contribution in [2.45, 2.75) is 37.9 Å². The van der Waals surface area contributed by atoms with Crippen LogP contribution in [0.3, 0.4) is 0 Å². The summed E-state index contributed by atoms with van der Waals surface area (Å²) < 4.78 is 11.6. The third-order valence-corrected chi connectivity index (χ3v) is 6.02. The van der Waals surface area contributed by atoms with E-state index in [-0.39, 0.29) is 0 Å². The maximum atomic E-state index is 5.78. The molecule has 0 radical (unpaired) electrons. The highest BCUT2D eigenvalue weighted by atomic mass is 32.1. The number of hydrazine groups is 1. The van der Waals surface area contributed by atoms with Crippen molar-refractivity contribution >= 4 is 34.7 Å². The highest BCUT2D eigenvalue weighted by Crippen LogP contribution is 2.18. The van der Waals surface area contributed by atoms with Gasteiger partial charge in [0.25, 0.3) is 0 Å². The molecule has 4 saturated heterocycles. The van der Waals surface area contributed by atoms with Gasteiger partial charge in [0, 0.05) is 26.3 Å². The second-order valence-electron chi connectivity index (χ2n) is 7.34. The fraction of sp³-hybridized carbons (Fsp3) is 0.875. The summed E-state index contributed by atoms with van der Waals surface area (Å²) in [6, 6.07) is 0. The Bertz CT molecular complexity index is 481. The van der Waals surface area contributed by atoms with Crippen LogP contribution in [0, 0.1) is 0 Å². The van der Waals surface area contributed by atoms with E-state index in [2.05, 4.69) is 30.5 Å². The Labute approximate surface area is 165 Å². The van der Waals surface area contributed by atoms with Gasteiger partial charge in [-0.15, -0.1) is 0 Å². The lowest BCUT2D eigenvalue weighted by molar-refractivity contribution is -0.0383. The van der Waals surface area contributed by atoms with Gasteiger partial charge in [0.15, 0.2) is 10.2 Å². The zero-order chi connectivity index (χ0) is 17.9. The monoisotopic (exact) mass is 400 g/mol. The predicted octanol–water partition coefficient (Wildman–Crippen LogP) is 0.0736. The first-order valence-electron chi connectivity index (χ1n) is 9.47. The number of nitrogens with one attached hydrogen (secondary N) is 2. The van der Waals surface area contributed by atoms with Crippen LogP contribution < -0.4 is 10.6 Å². The van der Waals surface area contributed by atoms with Gasteiger partial charge < -0.3 is 20.1 Å². The highest BCUT2D eigenvalue weighted by Gasteiger charge is 2.33. The molecule has 0 saturated carbocycles. The maximum Gasteiger partial charge on any atom is 0.190 e. The molecule has 4 fully saturated rings. The highest BCUT2D eigenvalue weighted by molar-refractivity contribution is 7.80. The summed E-state index contributed by atoms with van der Waals surface area (Å²) in [4.78, 5) is 4.65. The normalized spacial score (nSPS) is 31.4. The van der Waals surface area contributed by atoms with Crippen LogP contribution in [0.25, 0.3) is 0 Å². The van der Waals surface area contributed by atoms with Crippen molar-refractivity contribution in [2.75, 3.05) is 53.0 Å². The Morgan fingerprint density at radius 3 is 1.65 bits per heavy atom. The molecule has 0 aromatic rings. The first-order chi connectivity index (χ1) is 12.7. The quantitative estimate of drug-likeness (QED) is 0.620. The Hall–Kier alpha value is -0.780. The topological polar surface area (TPSA) is 55.5 Å². The van der Waals surface area contributed by atoms with E-state index in [9.17, 15) is 0 Å². The number of hydrogen-bond acceptors (Lipinski definition) is 6. The molecule has 2 N–H and O–H groups in total. The van der Waals surface area contributed by atoms with Gasteiger partial charge in [-0.05, 0) is 50.1 Å². The van der Waals surface area contributed by atoms with E-state index in [4.69, 9.17) is 33.9 Å². The Morgan fingerprint density at radius 2 is 1.27 bits per heavy atom. The van der Waals surface area contributed by atoms with Gasteiger partial charge in [-0.25, -0.2) is 10.0 Å². The van der Waals surface area contributed by atoms with E-state index in [0.29, 0.717) is 12.2 Å². The van der Waals surface area contributed by atoms with E-state index < -0.39 is 0 Å². The summed E-state index contributed by atoms with van der Waals surface area (Å²) in [5.74, 6) is 0. The molecule has 4 aliphatic heterocycles. The third-order valence-electron chi connectivity index (χ3n) is 5.31. The number of nitrogens with zero attached hydrogens (tertiary/aromatic N) is 4. The van der Waals surface area contributed by atoms with Crippen molar-refractivity contribution in [3.63, 3.8) is 0 Å². The molecule has 0 amide bonds. The van der Waals surface area contributed by atoms with E-state index in [1.807, 2.05) is 0 Å². The molecular formula is C16H28N6O2S2. The van der Waals surface area contributed by atoms with Crippen molar-refractivity contribution in [3.05, 3.63) is 0 Å². The first-order valence-corrected chi connectivity index (χ1v) is 10.3.